The highest BCUT2D eigenvalue weighted by atomic mass is 35.5. The third-order valence-electron chi connectivity index (χ3n) is 3.51. The van der Waals surface area contributed by atoms with Crippen molar-refractivity contribution in [1.82, 2.24) is 10.2 Å². The average molecular weight is 376 g/mol. The second-order valence-electron chi connectivity index (χ2n) is 5.38. The van der Waals surface area contributed by atoms with E-state index in [9.17, 15) is 4.79 Å². The van der Waals surface area contributed by atoms with Gasteiger partial charge in [0.1, 0.15) is 5.75 Å². The van der Waals surface area contributed by atoms with Crippen LogP contribution in [0.1, 0.15) is 6.92 Å². The Morgan fingerprint density at radius 1 is 1.20 bits per heavy atom. The summed E-state index contributed by atoms with van der Waals surface area (Å²) in [4.78, 5) is 12.4. The summed E-state index contributed by atoms with van der Waals surface area (Å²) in [6.45, 7) is 1.65. The number of halogens is 2. The van der Waals surface area contributed by atoms with Gasteiger partial charge in [0.25, 0.3) is 5.91 Å². The fourth-order valence-corrected chi connectivity index (χ4v) is 2.69. The smallest absolute Gasteiger partial charge is 0.265 e. The molecule has 0 saturated carbocycles. The van der Waals surface area contributed by atoms with Crippen molar-refractivity contribution in [3.05, 3.63) is 64.8 Å². The number of hydrogen-bond donors (Lipinski definition) is 2. The molecule has 5 nitrogen and oxygen atoms in total. The van der Waals surface area contributed by atoms with Crippen LogP contribution in [0.2, 0.25) is 10.0 Å². The van der Waals surface area contributed by atoms with Crippen molar-refractivity contribution in [2.75, 3.05) is 5.32 Å². The van der Waals surface area contributed by atoms with Crippen molar-refractivity contribution in [1.29, 1.82) is 0 Å². The predicted octanol–water partition coefficient (Wildman–Crippen LogP) is 4.79. The Kier molecular flexibility index (Phi) is 5.26. The maximum atomic E-state index is 12.4. The third-order valence-corrected chi connectivity index (χ3v) is 4.04. The molecule has 1 atom stereocenters. The number of carbonyl (C=O) groups is 1. The maximum absolute atomic E-state index is 12.4. The van der Waals surface area contributed by atoms with E-state index in [-0.39, 0.29) is 5.91 Å². The summed E-state index contributed by atoms with van der Waals surface area (Å²) in [5.41, 5.74) is 2.45. The number of benzene rings is 2. The Labute approximate surface area is 154 Å². The van der Waals surface area contributed by atoms with E-state index in [0.717, 1.165) is 11.3 Å². The van der Waals surface area contributed by atoms with Gasteiger partial charge in [0, 0.05) is 22.5 Å². The van der Waals surface area contributed by atoms with Crippen LogP contribution in [0.3, 0.4) is 0 Å². The summed E-state index contributed by atoms with van der Waals surface area (Å²) in [6, 6.07) is 14.2. The molecule has 0 spiro atoms. The van der Waals surface area contributed by atoms with Gasteiger partial charge in [-0.2, -0.15) is 5.10 Å². The molecule has 1 unspecified atom stereocenters. The van der Waals surface area contributed by atoms with Crippen LogP contribution in [0.25, 0.3) is 11.3 Å². The van der Waals surface area contributed by atoms with Crippen molar-refractivity contribution in [3.63, 3.8) is 0 Å². The van der Waals surface area contributed by atoms with Gasteiger partial charge in [-0.25, -0.2) is 0 Å². The zero-order valence-electron chi connectivity index (χ0n) is 13.3. The first-order valence-electron chi connectivity index (χ1n) is 7.55. The van der Waals surface area contributed by atoms with Crippen molar-refractivity contribution in [2.24, 2.45) is 0 Å². The van der Waals surface area contributed by atoms with E-state index in [2.05, 4.69) is 15.5 Å². The molecule has 1 heterocycles. The first-order chi connectivity index (χ1) is 12.0. The molecule has 25 heavy (non-hydrogen) atoms. The zero-order valence-corrected chi connectivity index (χ0v) is 14.8. The van der Waals surface area contributed by atoms with Crippen molar-refractivity contribution in [2.45, 2.75) is 13.0 Å². The average Bonchev–Trinajstić information content (AvgIpc) is 3.12. The van der Waals surface area contributed by atoms with Gasteiger partial charge in [0.2, 0.25) is 0 Å². The van der Waals surface area contributed by atoms with E-state index >= 15 is 0 Å². The molecule has 0 aliphatic heterocycles. The number of hydrogen-bond acceptors (Lipinski definition) is 3. The predicted molar refractivity (Wildman–Crippen MR) is 99.2 cm³/mol. The molecule has 2 N–H and O–H groups in total. The topological polar surface area (TPSA) is 67.0 Å². The largest absolute Gasteiger partial charge is 0.479 e. The minimum Gasteiger partial charge on any atom is -0.479 e. The number of carbonyl (C=O) groups excluding carboxylic acids is 1. The lowest BCUT2D eigenvalue weighted by molar-refractivity contribution is -0.122. The highest BCUT2D eigenvalue weighted by molar-refractivity contribution is 6.35. The van der Waals surface area contributed by atoms with Crippen molar-refractivity contribution < 1.29 is 9.53 Å². The number of aromatic amines is 1. The molecular formula is C18H15Cl2N3O2. The molecule has 0 bridgehead atoms. The Morgan fingerprint density at radius 3 is 2.76 bits per heavy atom. The molecule has 0 aliphatic rings. The molecular weight excluding hydrogens is 361 g/mol. The lowest BCUT2D eigenvalue weighted by Gasteiger charge is -2.16. The molecule has 0 saturated heterocycles. The van der Waals surface area contributed by atoms with Gasteiger partial charge in [-0.3, -0.25) is 9.89 Å². The van der Waals surface area contributed by atoms with Crippen molar-refractivity contribution >= 4 is 34.8 Å². The first kappa shape index (κ1) is 17.3. The van der Waals surface area contributed by atoms with Gasteiger partial charge in [-0.15, -0.1) is 0 Å². The van der Waals surface area contributed by atoms with E-state index in [0.29, 0.717) is 21.5 Å². The first-order valence-corrected chi connectivity index (χ1v) is 8.31. The molecule has 7 heteroatoms. The van der Waals surface area contributed by atoms with Crippen LogP contribution < -0.4 is 10.1 Å². The van der Waals surface area contributed by atoms with Crippen LogP contribution in [0.5, 0.6) is 5.75 Å². The summed E-state index contributed by atoms with van der Waals surface area (Å²) < 4.78 is 5.62. The summed E-state index contributed by atoms with van der Waals surface area (Å²) in [6.07, 6.45) is 0.946. The van der Waals surface area contributed by atoms with Gasteiger partial charge in [0.15, 0.2) is 6.10 Å². The number of rotatable bonds is 5. The summed E-state index contributed by atoms with van der Waals surface area (Å²) in [7, 11) is 0. The quantitative estimate of drug-likeness (QED) is 0.673. The number of aromatic nitrogens is 2. The number of anilines is 1. The van der Waals surface area contributed by atoms with Crippen LogP contribution in [-0.4, -0.2) is 22.2 Å². The van der Waals surface area contributed by atoms with Gasteiger partial charge in [-0.1, -0.05) is 35.3 Å². The molecule has 128 valence electrons. The third kappa shape index (κ3) is 4.32. The Bertz CT molecular complexity index is 882. The zero-order chi connectivity index (χ0) is 17.8. The molecule has 0 aliphatic carbocycles. The number of H-pyrrole nitrogens is 1. The number of ether oxygens (including phenoxy) is 1. The van der Waals surface area contributed by atoms with E-state index in [1.165, 1.54) is 0 Å². The molecule has 3 aromatic rings. The lowest BCUT2D eigenvalue weighted by Crippen LogP contribution is -2.30. The molecule has 3 rings (SSSR count). The van der Waals surface area contributed by atoms with Gasteiger partial charge in [-0.05, 0) is 43.3 Å². The lowest BCUT2D eigenvalue weighted by atomic mass is 10.1. The second-order valence-corrected chi connectivity index (χ2v) is 6.22. The Balaban J connectivity index is 1.68. The minimum atomic E-state index is -0.727. The number of nitrogens with zero attached hydrogens (tertiary/aromatic N) is 1. The highest BCUT2D eigenvalue weighted by Crippen LogP contribution is 2.28. The highest BCUT2D eigenvalue weighted by Gasteiger charge is 2.16. The van der Waals surface area contributed by atoms with Gasteiger partial charge in [0.05, 0.1) is 10.7 Å². The van der Waals surface area contributed by atoms with Gasteiger partial charge < -0.3 is 10.1 Å². The fourth-order valence-electron chi connectivity index (χ4n) is 2.24. The molecule has 0 radical (unpaired) electrons. The molecule has 2 aromatic carbocycles. The molecule has 1 amide bonds. The van der Waals surface area contributed by atoms with Crippen molar-refractivity contribution in [3.8, 4) is 17.0 Å². The van der Waals surface area contributed by atoms with E-state index in [4.69, 9.17) is 27.9 Å². The fraction of sp³-hybridized carbons (Fsp3) is 0.111. The second kappa shape index (κ2) is 7.59. The summed E-state index contributed by atoms with van der Waals surface area (Å²) in [5, 5.41) is 10.5. The molecule has 0 fully saturated rings. The summed E-state index contributed by atoms with van der Waals surface area (Å²) >= 11 is 11.9. The number of amides is 1. The van der Waals surface area contributed by atoms with Crippen LogP contribution >= 0.6 is 23.2 Å². The maximum Gasteiger partial charge on any atom is 0.265 e. The normalized spacial score (nSPS) is 11.8. The standard InChI is InChI=1S/C18H15Cl2N3O2/c1-11(25-17-6-5-13(19)10-15(17)20)18(24)22-14-4-2-3-12(9-14)16-7-8-21-23-16/h2-11H,1H3,(H,21,23)(H,22,24). The van der Waals surface area contributed by atoms with Crippen LogP contribution in [0.4, 0.5) is 5.69 Å². The van der Waals surface area contributed by atoms with E-state index in [1.54, 1.807) is 37.4 Å². The monoisotopic (exact) mass is 375 g/mol. The van der Waals surface area contributed by atoms with E-state index in [1.807, 2.05) is 24.3 Å². The molecule has 1 aromatic heterocycles. The minimum absolute atomic E-state index is 0.284. The van der Waals surface area contributed by atoms with Crippen LogP contribution in [0.15, 0.2) is 54.7 Å². The summed E-state index contributed by atoms with van der Waals surface area (Å²) in [5.74, 6) is 0.118. The Hall–Kier alpha value is -2.50. The Morgan fingerprint density at radius 2 is 2.04 bits per heavy atom. The van der Waals surface area contributed by atoms with Gasteiger partial charge >= 0.3 is 0 Å². The SMILES string of the molecule is CC(Oc1ccc(Cl)cc1Cl)C(=O)Nc1cccc(-c2ccn[nH]2)c1. The van der Waals surface area contributed by atoms with Crippen LogP contribution in [-0.2, 0) is 4.79 Å². The van der Waals surface area contributed by atoms with E-state index < -0.39 is 6.10 Å². The number of nitrogens with one attached hydrogen (secondary N) is 2. The van der Waals surface area contributed by atoms with Crippen LogP contribution in [0, 0.1) is 0 Å².